The molecular weight excluding hydrogens is 466 g/mol. The maximum atomic E-state index is 13.3. The Bertz CT molecular complexity index is 1360. The molecule has 182 valence electrons. The molecule has 0 aromatic heterocycles. The first-order valence-corrected chi connectivity index (χ1v) is 12.9. The lowest BCUT2D eigenvalue weighted by molar-refractivity contribution is 0.405. The number of amidine groups is 1. The second-order valence-electron chi connectivity index (χ2n) is 8.29. The van der Waals surface area contributed by atoms with Crippen molar-refractivity contribution in [1.82, 2.24) is 9.21 Å². The minimum absolute atomic E-state index is 0.260. The molecule has 3 aromatic carbocycles. The highest BCUT2D eigenvalue weighted by Gasteiger charge is 2.30. The maximum absolute atomic E-state index is 13.3. The molecule has 8 nitrogen and oxygen atoms in total. The third-order valence-electron chi connectivity index (χ3n) is 6.19. The Balaban J connectivity index is 1.46. The van der Waals surface area contributed by atoms with Crippen molar-refractivity contribution in [2.75, 3.05) is 40.4 Å². The number of nitrogens with zero attached hydrogens (tertiary/aromatic N) is 3. The van der Waals surface area contributed by atoms with Crippen LogP contribution in [0.25, 0.3) is 0 Å². The zero-order valence-electron chi connectivity index (χ0n) is 19.7. The van der Waals surface area contributed by atoms with Gasteiger partial charge in [0.25, 0.3) is 0 Å². The van der Waals surface area contributed by atoms with Crippen molar-refractivity contribution in [2.24, 2.45) is 4.99 Å². The van der Waals surface area contributed by atoms with Crippen LogP contribution in [0, 0.1) is 0 Å². The summed E-state index contributed by atoms with van der Waals surface area (Å²) in [6.07, 6.45) is 0.663. The van der Waals surface area contributed by atoms with E-state index in [1.54, 1.807) is 42.8 Å². The van der Waals surface area contributed by atoms with Gasteiger partial charge in [0.15, 0.2) is 5.75 Å². The molecule has 35 heavy (non-hydrogen) atoms. The molecule has 2 aliphatic heterocycles. The van der Waals surface area contributed by atoms with Gasteiger partial charge in [-0.05, 0) is 61.0 Å². The Morgan fingerprint density at radius 3 is 2.34 bits per heavy atom. The van der Waals surface area contributed by atoms with Crippen molar-refractivity contribution in [3.05, 3.63) is 72.3 Å². The molecule has 5 rings (SSSR count). The fourth-order valence-electron chi connectivity index (χ4n) is 4.31. The first kappa shape index (κ1) is 23.2. The summed E-state index contributed by atoms with van der Waals surface area (Å²) in [5, 5.41) is 0. The predicted octanol–water partition coefficient (Wildman–Crippen LogP) is 4.28. The topological polar surface area (TPSA) is 80.7 Å². The van der Waals surface area contributed by atoms with E-state index in [-0.39, 0.29) is 4.90 Å². The smallest absolute Gasteiger partial charge is 0.243 e. The van der Waals surface area contributed by atoms with E-state index in [0.717, 1.165) is 17.1 Å². The fourth-order valence-corrected chi connectivity index (χ4v) is 5.78. The number of rotatable bonds is 4. The molecule has 0 atom stereocenters. The van der Waals surface area contributed by atoms with E-state index < -0.39 is 10.0 Å². The van der Waals surface area contributed by atoms with Gasteiger partial charge in [0.2, 0.25) is 10.0 Å². The number of fused-ring (bicyclic) bond motifs is 2. The summed E-state index contributed by atoms with van der Waals surface area (Å²) in [6.45, 7) is 1.92. The van der Waals surface area contributed by atoms with E-state index >= 15 is 0 Å². The monoisotopic (exact) mass is 493 g/mol. The van der Waals surface area contributed by atoms with E-state index in [1.807, 2.05) is 42.5 Å². The molecule has 0 spiro atoms. The van der Waals surface area contributed by atoms with Gasteiger partial charge in [-0.3, -0.25) is 0 Å². The third-order valence-corrected chi connectivity index (χ3v) is 8.10. The molecule has 0 amide bonds. The highest BCUT2D eigenvalue weighted by Crippen LogP contribution is 2.39. The standard InChI is InChI=1S/C26H27N3O5S/c1-32-19-8-11-21(12-9-19)35(30,31)29-15-5-14-28(16-17-29)26-22-18-20(33-2)10-13-24(22)34-25-7-4-3-6-23(25)27-26/h3-4,6-13,18H,5,14-17H2,1-2H3. The first-order chi connectivity index (χ1) is 17.0. The zero-order valence-corrected chi connectivity index (χ0v) is 20.5. The van der Waals surface area contributed by atoms with Crippen molar-refractivity contribution in [1.29, 1.82) is 0 Å². The van der Waals surface area contributed by atoms with Crippen LogP contribution in [0.3, 0.4) is 0 Å². The number of hydrogen-bond donors (Lipinski definition) is 0. The van der Waals surface area contributed by atoms with E-state index in [9.17, 15) is 8.42 Å². The normalized spacial score (nSPS) is 16.2. The summed E-state index contributed by atoms with van der Waals surface area (Å²) in [7, 11) is -0.445. The Morgan fingerprint density at radius 1 is 0.829 bits per heavy atom. The van der Waals surface area contributed by atoms with Crippen LogP contribution >= 0.6 is 0 Å². The van der Waals surface area contributed by atoms with Gasteiger partial charge in [0.1, 0.15) is 28.8 Å². The molecule has 0 aliphatic carbocycles. The molecule has 2 heterocycles. The molecule has 0 N–H and O–H groups in total. The van der Waals surface area contributed by atoms with Crippen molar-refractivity contribution >= 4 is 21.5 Å². The molecule has 1 fully saturated rings. The largest absolute Gasteiger partial charge is 0.497 e. The quantitative estimate of drug-likeness (QED) is 0.540. The number of para-hydroxylation sites is 2. The summed E-state index contributed by atoms with van der Waals surface area (Å²) in [5.74, 6) is 3.42. The number of benzene rings is 3. The van der Waals surface area contributed by atoms with Crippen LogP contribution in [0.5, 0.6) is 23.0 Å². The lowest BCUT2D eigenvalue weighted by Crippen LogP contribution is -2.37. The average Bonchev–Trinajstić information content (AvgIpc) is 3.23. The second kappa shape index (κ2) is 9.59. The van der Waals surface area contributed by atoms with Crippen LogP contribution in [0.15, 0.2) is 76.6 Å². The van der Waals surface area contributed by atoms with Gasteiger partial charge in [0.05, 0.1) is 24.7 Å². The Labute approximate surface area is 205 Å². The lowest BCUT2D eigenvalue weighted by atomic mass is 10.1. The van der Waals surface area contributed by atoms with Gasteiger partial charge in [-0.15, -0.1) is 0 Å². The highest BCUT2D eigenvalue weighted by molar-refractivity contribution is 7.89. The van der Waals surface area contributed by atoms with Crippen molar-refractivity contribution in [2.45, 2.75) is 11.3 Å². The third kappa shape index (κ3) is 4.56. The number of aliphatic imine (C=N–C) groups is 1. The number of sulfonamides is 1. The molecule has 1 saturated heterocycles. The van der Waals surface area contributed by atoms with Gasteiger partial charge in [-0.25, -0.2) is 13.4 Å². The van der Waals surface area contributed by atoms with E-state index in [1.165, 1.54) is 0 Å². The molecule has 3 aromatic rings. The first-order valence-electron chi connectivity index (χ1n) is 11.4. The van der Waals surface area contributed by atoms with Gasteiger partial charge in [0, 0.05) is 26.2 Å². The van der Waals surface area contributed by atoms with Crippen molar-refractivity contribution in [3.63, 3.8) is 0 Å². The van der Waals surface area contributed by atoms with Crippen LogP contribution in [-0.4, -0.2) is 63.9 Å². The maximum Gasteiger partial charge on any atom is 0.243 e. The average molecular weight is 494 g/mol. The van der Waals surface area contributed by atoms with Crippen LogP contribution in [-0.2, 0) is 10.0 Å². The van der Waals surface area contributed by atoms with Crippen LogP contribution in [0.2, 0.25) is 0 Å². The SMILES string of the molecule is COc1ccc(S(=O)(=O)N2CCCN(C3=Nc4ccccc4Oc4ccc(OC)cc43)CC2)cc1. The van der Waals surface area contributed by atoms with E-state index in [4.69, 9.17) is 19.2 Å². The molecule has 2 aliphatic rings. The molecule has 0 saturated carbocycles. The lowest BCUT2D eigenvalue weighted by Gasteiger charge is -2.25. The van der Waals surface area contributed by atoms with Crippen molar-refractivity contribution in [3.8, 4) is 23.0 Å². The van der Waals surface area contributed by atoms with Gasteiger partial charge < -0.3 is 19.1 Å². The van der Waals surface area contributed by atoms with Crippen molar-refractivity contribution < 1.29 is 22.6 Å². The van der Waals surface area contributed by atoms with E-state index in [0.29, 0.717) is 55.6 Å². The minimum atomic E-state index is -3.62. The summed E-state index contributed by atoms with van der Waals surface area (Å²) >= 11 is 0. The summed E-state index contributed by atoms with van der Waals surface area (Å²) < 4.78 is 45.0. The highest BCUT2D eigenvalue weighted by atomic mass is 32.2. The Kier molecular flexibility index (Phi) is 6.36. The van der Waals surface area contributed by atoms with Crippen LogP contribution < -0.4 is 14.2 Å². The Hall–Kier alpha value is -3.56. The predicted molar refractivity (Wildman–Crippen MR) is 134 cm³/mol. The Morgan fingerprint density at radius 2 is 1.57 bits per heavy atom. The molecule has 9 heteroatoms. The molecular formula is C26H27N3O5S. The number of ether oxygens (including phenoxy) is 3. The van der Waals surface area contributed by atoms with Crippen LogP contribution in [0.4, 0.5) is 5.69 Å². The van der Waals surface area contributed by atoms with Gasteiger partial charge >= 0.3 is 0 Å². The number of methoxy groups -OCH3 is 2. The van der Waals surface area contributed by atoms with Gasteiger partial charge in [-0.1, -0.05) is 12.1 Å². The minimum Gasteiger partial charge on any atom is -0.497 e. The molecule has 0 bridgehead atoms. The molecule has 0 unspecified atom stereocenters. The summed E-state index contributed by atoms with van der Waals surface area (Å²) in [5.41, 5.74) is 1.54. The van der Waals surface area contributed by atoms with Gasteiger partial charge in [-0.2, -0.15) is 4.31 Å². The summed E-state index contributed by atoms with van der Waals surface area (Å²) in [6, 6.07) is 19.8. The zero-order chi connectivity index (χ0) is 24.4. The molecule has 0 radical (unpaired) electrons. The summed E-state index contributed by atoms with van der Waals surface area (Å²) in [4.78, 5) is 7.36. The second-order valence-corrected chi connectivity index (χ2v) is 10.2. The fraction of sp³-hybridized carbons (Fsp3) is 0.269. The van der Waals surface area contributed by atoms with E-state index in [2.05, 4.69) is 4.90 Å². The van der Waals surface area contributed by atoms with Crippen LogP contribution in [0.1, 0.15) is 12.0 Å². The number of hydrogen-bond acceptors (Lipinski definition) is 7.